The zero-order valence-corrected chi connectivity index (χ0v) is 12.3. The Balaban J connectivity index is 2.57. The van der Waals surface area contributed by atoms with E-state index in [1.807, 2.05) is 6.92 Å². The molecular weight excluding hydrogens is 273 g/mol. The van der Waals surface area contributed by atoms with Gasteiger partial charge in [-0.1, -0.05) is 6.92 Å². The Morgan fingerprint density at radius 2 is 2.14 bits per heavy atom. The summed E-state index contributed by atoms with van der Waals surface area (Å²) >= 11 is 0. The van der Waals surface area contributed by atoms with Crippen LogP contribution >= 0.6 is 0 Å². The van der Waals surface area contributed by atoms with Gasteiger partial charge in [-0.15, -0.1) is 0 Å². The first-order chi connectivity index (χ1) is 9.99. The van der Waals surface area contributed by atoms with Crippen molar-refractivity contribution in [3.05, 3.63) is 41.1 Å². The van der Waals surface area contributed by atoms with Gasteiger partial charge in [-0.05, 0) is 37.6 Å². The van der Waals surface area contributed by atoms with Crippen LogP contribution in [0.25, 0.3) is 5.69 Å². The number of hydrogen-bond donors (Lipinski definition) is 1. The van der Waals surface area contributed by atoms with E-state index in [4.69, 9.17) is 10.5 Å². The molecule has 0 aliphatic heterocycles. The molecule has 6 heteroatoms. The number of nitrogens with zero attached hydrogens (tertiary/aromatic N) is 2. The molecule has 0 radical (unpaired) electrons. The van der Waals surface area contributed by atoms with E-state index in [9.17, 15) is 9.18 Å². The Labute approximate surface area is 122 Å². The van der Waals surface area contributed by atoms with Gasteiger partial charge in [0.05, 0.1) is 6.61 Å². The maximum atomic E-state index is 13.4. The second-order valence-electron chi connectivity index (χ2n) is 4.60. The molecule has 0 amide bonds. The smallest absolute Gasteiger partial charge is 0.360 e. The molecule has 0 aliphatic carbocycles. The van der Waals surface area contributed by atoms with E-state index >= 15 is 0 Å². The molecule has 0 fully saturated rings. The van der Waals surface area contributed by atoms with Gasteiger partial charge >= 0.3 is 5.97 Å². The van der Waals surface area contributed by atoms with Crippen molar-refractivity contribution >= 4 is 11.8 Å². The number of anilines is 1. The summed E-state index contributed by atoms with van der Waals surface area (Å²) < 4.78 is 20.0. The lowest BCUT2D eigenvalue weighted by Gasteiger charge is -2.10. The number of aromatic nitrogens is 2. The van der Waals surface area contributed by atoms with Gasteiger partial charge in [0.1, 0.15) is 17.5 Å². The van der Waals surface area contributed by atoms with Gasteiger partial charge in [-0.2, -0.15) is 0 Å². The predicted molar refractivity (Wildman–Crippen MR) is 78.0 cm³/mol. The molecule has 0 aliphatic rings. The summed E-state index contributed by atoms with van der Waals surface area (Å²) in [6, 6.07) is 4.64. The van der Waals surface area contributed by atoms with Gasteiger partial charge in [0.15, 0.2) is 5.69 Å². The fourth-order valence-corrected chi connectivity index (χ4v) is 2.12. The van der Waals surface area contributed by atoms with Crippen molar-refractivity contribution in [3.8, 4) is 5.69 Å². The average molecular weight is 291 g/mol. The number of esters is 1. The van der Waals surface area contributed by atoms with Crippen LogP contribution in [-0.4, -0.2) is 22.1 Å². The van der Waals surface area contributed by atoms with Crippen LogP contribution < -0.4 is 5.73 Å². The number of nitrogen functional groups attached to an aromatic ring is 1. The summed E-state index contributed by atoms with van der Waals surface area (Å²) in [4.78, 5) is 16.1. The van der Waals surface area contributed by atoms with E-state index in [1.54, 1.807) is 30.5 Å². The van der Waals surface area contributed by atoms with E-state index in [0.29, 0.717) is 23.5 Å². The molecule has 21 heavy (non-hydrogen) atoms. The fourth-order valence-electron chi connectivity index (χ4n) is 2.12. The maximum Gasteiger partial charge on any atom is 0.360 e. The Bertz CT molecular complexity index is 680. The molecule has 0 bridgehead atoms. The Kier molecular flexibility index (Phi) is 4.26. The predicted octanol–water partition coefficient (Wildman–Crippen LogP) is 2.64. The van der Waals surface area contributed by atoms with Crippen LogP contribution in [0.15, 0.2) is 18.2 Å². The number of carbonyl (C=O) groups excluding carboxylic acids is 1. The highest BCUT2D eigenvalue weighted by Gasteiger charge is 2.21. The monoisotopic (exact) mass is 291 g/mol. The standard InChI is InChI=1S/C15H18FN3O2/c1-4-12-18-13(15(20)21-5-2)14(17)19(12)10-6-7-11(16)9(3)8-10/h6-8H,4-5,17H2,1-3H3. The largest absolute Gasteiger partial charge is 0.461 e. The van der Waals surface area contributed by atoms with E-state index < -0.39 is 5.97 Å². The van der Waals surface area contributed by atoms with E-state index in [1.165, 1.54) is 6.07 Å². The van der Waals surface area contributed by atoms with Crippen LogP contribution in [0.5, 0.6) is 0 Å². The van der Waals surface area contributed by atoms with Crippen LogP contribution in [-0.2, 0) is 11.2 Å². The third kappa shape index (κ3) is 2.74. The lowest BCUT2D eigenvalue weighted by Crippen LogP contribution is -2.09. The molecule has 0 saturated carbocycles. The van der Waals surface area contributed by atoms with Crippen molar-refractivity contribution in [1.29, 1.82) is 0 Å². The lowest BCUT2D eigenvalue weighted by atomic mass is 10.2. The van der Waals surface area contributed by atoms with Gasteiger partial charge in [-0.25, -0.2) is 14.2 Å². The van der Waals surface area contributed by atoms with Crippen molar-refractivity contribution in [2.75, 3.05) is 12.3 Å². The normalized spacial score (nSPS) is 10.7. The van der Waals surface area contributed by atoms with Gasteiger partial charge in [0.25, 0.3) is 0 Å². The summed E-state index contributed by atoms with van der Waals surface area (Å²) in [6.07, 6.45) is 0.583. The molecule has 1 aromatic heterocycles. The molecule has 2 N–H and O–H groups in total. The molecule has 0 atom stereocenters. The van der Waals surface area contributed by atoms with Gasteiger partial charge in [-0.3, -0.25) is 4.57 Å². The second kappa shape index (κ2) is 5.95. The number of hydrogen-bond acceptors (Lipinski definition) is 4. The van der Waals surface area contributed by atoms with Crippen LogP contribution in [0, 0.1) is 12.7 Å². The van der Waals surface area contributed by atoms with Gasteiger partial charge < -0.3 is 10.5 Å². The first-order valence-corrected chi connectivity index (χ1v) is 6.80. The van der Waals surface area contributed by atoms with Crippen LogP contribution in [0.3, 0.4) is 0 Å². The number of rotatable bonds is 4. The molecule has 2 rings (SSSR count). The average Bonchev–Trinajstić information content (AvgIpc) is 2.79. The Morgan fingerprint density at radius 3 is 2.71 bits per heavy atom. The minimum absolute atomic E-state index is 0.0932. The van der Waals surface area contributed by atoms with Crippen LogP contribution in [0.1, 0.15) is 35.7 Å². The molecule has 0 saturated heterocycles. The molecule has 5 nitrogen and oxygen atoms in total. The second-order valence-corrected chi connectivity index (χ2v) is 4.60. The highest BCUT2D eigenvalue weighted by Crippen LogP contribution is 2.23. The Hall–Kier alpha value is -2.37. The zero-order chi connectivity index (χ0) is 15.6. The Morgan fingerprint density at radius 1 is 1.43 bits per heavy atom. The highest BCUT2D eigenvalue weighted by molar-refractivity contribution is 5.92. The quantitative estimate of drug-likeness (QED) is 0.879. The third-order valence-corrected chi connectivity index (χ3v) is 3.17. The molecule has 0 unspecified atom stereocenters. The minimum Gasteiger partial charge on any atom is -0.461 e. The summed E-state index contributed by atoms with van der Waals surface area (Å²) in [5.74, 6) is -0.0127. The van der Waals surface area contributed by atoms with Crippen LogP contribution in [0.2, 0.25) is 0 Å². The van der Waals surface area contributed by atoms with Crippen molar-refractivity contribution in [3.63, 3.8) is 0 Å². The van der Waals surface area contributed by atoms with E-state index in [0.717, 1.165) is 0 Å². The summed E-state index contributed by atoms with van der Waals surface area (Å²) in [7, 11) is 0. The summed E-state index contributed by atoms with van der Waals surface area (Å²) in [6.45, 7) is 5.55. The van der Waals surface area contributed by atoms with Crippen molar-refractivity contribution in [1.82, 2.24) is 9.55 Å². The summed E-state index contributed by atoms with van der Waals surface area (Å²) in [5, 5.41) is 0. The number of benzene rings is 1. The first kappa shape index (κ1) is 15.0. The third-order valence-electron chi connectivity index (χ3n) is 3.17. The molecule has 2 aromatic rings. The lowest BCUT2D eigenvalue weighted by molar-refractivity contribution is 0.0521. The van der Waals surface area contributed by atoms with Gasteiger partial charge in [0, 0.05) is 12.1 Å². The van der Waals surface area contributed by atoms with Gasteiger partial charge in [0.2, 0.25) is 0 Å². The van der Waals surface area contributed by atoms with Crippen molar-refractivity contribution < 1.29 is 13.9 Å². The van der Waals surface area contributed by atoms with E-state index in [2.05, 4.69) is 4.98 Å². The molecule has 0 spiro atoms. The molecule has 112 valence electrons. The van der Waals surface area contributed by atoms with Crippen molar-refractivity contribution in [2.45, 2.75) is 27.2 Å². The summed E-state index contributed by atoms with van der Waals surface area (Å²) in [5.41, 5.74) is 7.30. The number of halogens is 1. The number of carbonyl (C=O) groups is 1. The molecule has 1 aromatic carbocycles. The highest BCUT2D eigenvalue weighted by atomic mass is 19.1. The number of aryl methyl sites for hydroxylation is 2. The zero-order valence-electron chi connectivity index (χ0n) is 12.3. The SMILES string of the molecule is CCOC(=O)c1nc(CC)n(-c2ccc(F)c(C)c2)c1N. The number of nitrogens with two attached hydrogens (primary N) is 1. The van der Waals surface area contributed by atoms with Crippen LogP contribution in [0.4, 0.5) is 10.2 Å². The van der Waals surface area contributed by atoms with E-state index in [-0.39, 0.29) is 23.9 Å². The molecule has 1 heterocycles. The maximum absolute atomic E-state index is 13.4. The topological polar surface area (TPSA) is 70.1 Å². The number of imidazole rings is 1. The fraction of sp³-hybridized carbons (Fsp3) is 0.333. The number of ether oxygens (including phenoxy) is 1. The minimum atomic E-state index is -0.553. The molecular formula is C15H18FN3O2. The first-order valence-electron chi connectivity index (χ1n) is 6.80. The van der Waals surface area contributed by atoms with Crippen molar-refractivity contribution in [2.24, 2.45) is 0 Å².